The second kappa shape index (κ2) is 8.13. The van der Waals surface area contributed by atoms with Crippen molar-refractivity contribution in [2.45, 2.75) is 6.92 Å². The van der Waals surface area contributed by atoms with Gasteiger partial charge in [-0.2, -0.15) is 0 Å². The quantitative estimate of drug-likeness (QED) is 0.437. The highest BCUT2D eigenvalue weighted by Crippen LogP contribution is 2.33. The molecule has 5 nitrogen and oxygen atoms in total. The summed E-state index contributed by atoms with van der Waals surface area (Å²) < 4.78 is 16.9. The molecule has 3 aromatic carbocycles. The SMILES string of the molecule is COc1ccc(-c2cc(=Nc3cc(C)ccc3O)c3cc(Cl)ccc3o2)cc1OC. The van der Waals surface area contributed by atoms with E-state index in [-0.39, 0.29) is 5.75 Å². The fraction of sp³-hybridized carbons (Fsp3) is 0.125. The number of nitrogens with zero attached hydrogens (tertiary/aromatic N) is 1. The van der Waals surface area contributed by atoms with E-state index in [9.17, 15) is 5.11 Å². The van der Waals surface area contributed by atoms with Crippen LogP contribution in [0.15, 0.2) is 70.1 Å². The first kappa shape index (κ1) is 19.9. The average Bonchev–Trinajstić information content (AvgIpc) is 2.75. The van der Waals surface area contributed by atoms with Crippen molar-refractivity contribution in [1.82, 2.24) is 0 Å². The van der Waals surface area contributed by atoms with Gasteiger partial charge in [-0.1, -0.05) is 17.7 Å². The van der Waals surface area contributed by atoms with E-state index in [1.54, 1.807) is 38.5 Å². The molecule has 0 spiro atoms. The average molecular weight is 422 g/mol. The van der Waals surface area contributed by atoms with Gasteiger partial charge in [0.1, 0.15) is 22.8 Å². The molecule has 0 saturated heterocycles. The summed E-state index contributed by atoms with van der Waals surface area (Å²) in [6.07, 6.45) is 0. The van der Waals surface area contributed by atoms with Crippen LogP contribution in [0.4, 0.5) is 5.69 Å². The zero-order chi connectivity index (χ0) is 21.3. The first-order valence-electron chi connectivity index (χ1n) is 9.28. The molecule has 0 bridgehead atoms. The lowest BCUT2D eigenvalue weighted by molar-refractivity contribution is 0.355. The van der Waals surface area contributed by atoms with Crippen molar-refractivity contribution >= 4 is 28.3 Å². The minimum atomic E-state index is 0.101. The minimum Gasteiger partial charge on any atom is -0.506 e. The van der Waals surface area contributed by atoms with Crippen molar-refractivity contribution in [2.75, 3.05) is 14.2 Å². The smallest absolute Gasteiger partial charge is 0.161 e. The van der Waals surface area contributed by atoms with Gasteiger partial charge in [-0.15, -0.1) is 0 Å². The van der Waals surface area contributed by atoms with Crippen LogP contribution in [0.25, 0.3) is 22.3 Å². The van der Waals surface area contributed by atoms with Crippen LogP contribution in [-0.4, -0.2) is 19.3 Å². The normalized spacial score (nSPS) is 11.7. The molecule has 0 aliphatic carbocycles. The fourth-order valence-corrected chi connectivity index (χ4v) is 3.39. The van der Waals surface area contributed by atoms with E-state index in [1.165, 1.54) is 0 Å². The Hall–Kier alpha value is -3.44. The Labute approximate surface area is 178 Å². The number of benzene rings is 3. The molecule has 0 amide bonds. The van der Waals surface area contributed by atoms with Crippen LogP contribution < -0.4 is 14.8 Å². The van der Waals surface area contributed by atoms with Crippen LogP contribution in [0.3, 0.4) is 0 Å². The number of ether oxygens (including phenoxy) is 2. The number of fused-ring (bicyclic) bond motifs is 1. The number of methoxy groups -OCH3 is 2. The molecule has 0 unspecified atom stereocenters. The van der Waals surface area contributed by atoms with Gasteiger partial charge in [0, 0.05) is 22.0 Å². The molecule has 0 atom stereocenters. The Kier molecular flexibility index (Phi) is 5.38. The number of aromatic hydroxyl groups is 1. The highest BCUT2D eigenvalue weighted by Gasteiger charge is 2.11. The number of hydrogen-bond donors (Lipinski definition) is 1. The van der Waals surface area contributed by atoms with E-state index >= 15 is 0 Å². The van der Waals surface area contributed by atoms with E-state index < -0.39 is 0 Å². The standard InChI is InChI=1S/C24H20ClNO4/c1-14-4-7-20(27)19(10-14)26-18-13-23(30-21-9-6-16(25)12-17(18)21)15-5-8-22(28-2)24(11-15)29-3/h4-13,27H,1-3H3. The highest BCUT2D eigenvalue weighted by atomic mass is 35.5. The lowest BCUT2D eigenvalue weighted by atomic mass is 10.1. The summed E-state index contributed by atoms with van der Waals surface area (Å²) in [4.78, 5) is 4.71. The number of phenolic OH excluding ortho intramolecular Hbond substituents is 1. The molecule has 6 heteroatoms. The summed E-state index contributed by atoms with van der Waals surface area (Å²) in [6, 6.07) is 18.0. The lowest BCUT2D eigenvalue weighted by Crippen LogP contribution is -2.03. The largest absolute Gasteiger partial charge is 0.506 e. The van der Waals surface area contributed by atoms with E-state index in [1.807, 2.05) is 43.3 Å². The Balaban J connectivity index is 1.99. The summed E-state index contributed by atoms with van der Waals surface area (Å²) >= 11 is 6.22. The Bertz CT molecular complexity index is 1310. The molecule has 4 aromatic rings. The Morgan fingerprint density at radius 3 is 2.47 bits per heavy atom. The number of aryl methyl sites for hydroxylation is 1. The molecule has 1 N–H and O–H groups in total. The molecule has 0 saturated carbocycles. The topological polar surface area (TPSA) is 64.2 Å². The Morgan fingerprint density at radius 1 is 0.900 bits per heavy atom. The first-order valence-corrected chi connectivity index (χ1v) is 9.66. The van der Waals surface area contributed by atoms with Crippen molar-refractivity contribution in [1.29, 1.82) is 0 Å². The minimum absolute atomic E-state index is 0.101. The number of rotatable bonds is 4. The molecule has 0 fully saturated rings. The van der Waals surface area contributed by atoms with E-state index in [0.717, 1.165) is 16.5 Å². The van der Waals surface area contributed by atoms with Gasteiger partial charge in [-0.05, 0) is 61.0 Å². The lowest BCUT2D eigenvalue weighted by Gasteiger charge is -2.10. The second-order valence-corrected chi connectivity index (χ2v) is 7.25. The summed E-state index contributed by atoms with van der Waals surface area (Å²) in [6.45, 7) is 1.95. The van der Waals surface area contributed by atoms with Gasteiger partial charge < -0.3 is 19.0 Å². The van der Waals surface area contributed by atoms with Gasteiger partial charge in [0.2, 0.25) is 0 Å². The number of phenols is 1. The molecule has 0 aliphatic heterocycles. The molecule has 152 valence electrons. The van der Waals surface area contributed by atoms with Crippen LogP contribution in [0.1, 0.15) is 5.56 Å². The number of hydrogen-bond acceptors (Lipinski definition) is 5. The summed E-state index contributed by atoms with van der Waals surface area (Å²) in [5.41, 5.74) is 2.89. The summed E-state index contributed by atoms with van der Waals surface area (Å²) in [7, 11) is 3.18. The van der Waals surface area contributed by atoms with Gasteiger partial charge in [-0.3, -0.25) is 0 Å². The molecule has 4 rings (SSSR count). The second-order valence-electron chi connectivity index (χ2n) is 6.81. The van der Waals surface area contributed by atoms with Gasteiger partial charge in [0.15, 0.2) is 11.5 Å². The maximum atomic E-state index is 10.3. The molecule has 30 heavy (non-hydrogen) atoms. The monoisotopic (exact) mass is 421 g/mol. The molecular formula is C24H20ClNO4. The van der Waals surface area contributed by atoms with Crippen molar-refractivity contribution in [3.05, 3.63) is 76.6 Å². The molecule has 1 heterocycles. The predicted molar refractivity (Wildman–Crippen MR) is 118 cm³/mol. The van der Waals surface area contributed by atoms with Crippen molar-refractivity contribution in [3.63, 3.8) is 0 Å². The first-order chi connectivity index (χ1) is 14.5. The van der Waals surface area contributed by atoms with Crippen molar-refractivity contribution in [3.8, 4) is 28.6 Å². The Morgan fingerprint density at radius 2 is 1.70 bits per heavy atom. The van der Waals surface area contributed by atoms with Crippen LogP contribution in [0.2, 0.25) is 5.02 Å². The molecule has 0 aliphatic rings. The van der Waals surface area contributed by atoms with E-state index in [4.69, 9.17) is 30.5 Å². The third-order valence-electron chi connectivity index (χ3n) is 4.75. The van der Waals surface area contributed by atoms with Crippen molar-refractivity contribution in [2.24, 2.45) is 4.99 Å². The van der Waals surface area contributed by atoms with Gasteiger partial charge in [0.25, 0.3) is 0 Å². The molecule has 1 aromatic heterocycles. The summed E-state index contributed by atoms with van der Waals surface area (Å²) in [5, 5.41) is 12.2. The van der Waals surface area contributed by atoms with Crippen molar-refractivity contribution < 1.29 is 19.0 Å². The van der Waals surface area contributed by atoms with Crippen LogP contribution in [-0.2, 0) is 0 Å². The van der Waals surface area contributed by atoms with Gasteiger partial charge in [0.05, 0.1) is 19.6 Å². The zero-order valence-corrected chi connectivity index (χ0v) is 17.5. The third-order valence-corrected chi connectivity index (χ3v) is 4.98. The fourth-order valence-electron chi connectivity index (χ4n) is 3.22. The summed E-state index contributed by atoms with van der Waals surface area (Å²) in [5.74, 6) is 1.92. The maximum Gasteiger partial charge on any atom is 0.161 e. The van der Waals surface area contributed by atoms with E-state index in [0.29, 0.717) is 38.9 Å². The predicted octanol–water partition coefficient (Wildman–Crippen LogP) is 6.02. The molecular weight excluding hydrogens is 402 g/mol. The van der Waals surface area contributed by atoms with E-state index in [2.05, 4.69) is 0 Å². The number of halogens is 1. The van der Waals surface area contributed by atoms with Gasteiger partial charge in [-0.25, -0.2) is 4.99 Å². The van der Waals surface area contributed by atoms with Crippen LogP contribution in [0.5, 0.6) is 17.2 Å². The third kappa shape index (κ3) is 3.84. The highest BCUT2D eigenvalue weighted by molar-refractivity contribution is 6.31. The maximum absolute atomic E-state index is 10.3. The van der Waals surface area contributed by atoms with Gasteiger partial charge >= 0.3 is 0 Å². The van der Waals surface area contributed by atoms with Crippen LogP contribution in [0, 0.1) is 6.92 Å². The van der Waals surface area contributed by atoms with Crippen LogP contribution >= 0.6 is 11.6 Å². The zero-order valence-electron chi connectivity index (χ0n) is 16.8. The molecule has 0 radical (unpaired) electrons.